The summed E-state index contributed by atoms with van der Waals surface area (Å²) in [6.07, 6.45) is 2.31. The van der Waals surface area contributed by atoms with Crippen molar-refractivity contribution in [2.75, 3.05) is 6.26 Å². The number of nitrogens with one attached hydrogen (secondary N) is 1. The van der Waals surface area contributed by atoms with Crippen LogP contribution < -0.4 is 11.0 Å². The van der Waals surface area contributed by atoms with Crippen molar-refractivity contribution in [1.29, 1.82) is 0 Å². The predicted octanol–water partition coefficient (Wildman–Crippen LogP) is 2.07. The van der Waals surface area contributed by atoms with E-state index in [2.05, 4.69) is 4.98 Å². The number of benzene rings is 1. The van der Waals surface area contributed by atoms with Crippen LogP contribution in [0.3, 0.4) is 0 Å². The van der Waals surface area contributed by atoms with Gasteiger partial charge in [0.05, 0.1) is 5.52 Å². The third-order valence-corrected chi connectivity index (χ3v) is 7.42. The average molecular weight is 429 g/mol. The first kappa shape index (κ1) is 21.7. The lowest BCUT2D eigenvalue weighted by molar-refractivity contribution is -0.131. The van der Waals surface area contributed by atoms with Crippen LogP contribution in [-0.2, 0) is 21.2 Å². The summed E-state index contributed by atoms with van der Waals surface area (Å²) in [5, 5.41) is 9.90. The average Bonchev–Trinajstić information content (AvgIpc) is 2.70. The van der Waals surface area contributed by atoms with Crippen molar-refractivity contribution < 1.29 is 18.4 Å². The van der Waals surface area contributed by atoms with E-state index in [-0.39, 0.29) is 18.5 Å². The second-order valence-corrected chi connectivity index (χ2v) is 9.95. The zero-order valence-corrected chi connectivity index (χ0v) is 17.7. The lowest BCUT2D eigenvalue weighted by Gasteiger charge is -2.25. The number of amides is 1. The Labute approximate surface area is 174 Å². The Kier molecular flexibility index (Phi) is 5.78. The monoisotopic (exact) mass is 429 g/mol. The summed E-state index contributed by atoms with van der Waals surface area (Å²) in [6, 6.07) is 12.9. The number of aromatic nitrogens is 2. The Hall–Kier alpha value is -3.04. The summed E-state index contributed by atoms with van der Waals surface area (Å²) in [7, 11) is -3.83. The van der Waals surface area contributed by atoms with E-state index in [0.29, 0.717) is 5.56 Å². The van der Waals surface area contributed by atoms with E-state index in [1.165, 1.54) is 23.0 Å². The Morgan fingerprint density at radius 1 is 1.17 bits per heavy atom. The summed E-state index contributed by atoms with van der Waals surface area (Å²) in [5.74, 6) is -1.03. The van der Waals surface area contributed by atoms with E-state index in [1.54, 1.807) is 12.3 Å². The Morgan fingerprint density at radius 2 is 1.83 bits per heavy atom. The molecule has 1 atom stereocenters. The molecule has 1 amide bonds. The molecule has 8 nitrogen and oxygen atoms in total. The Bertz CT molecular complexity index is 1280. The molecule has 0 aliphatic rings. The molecule has 3 rings (SSSR count). The van der Waals surface area contributed by atoms with E-state index in [0.717, 1.165) is 28.4 Å². The highest BCUT2D eigenvalue weighted by atomic mass is 32.2. The number of hydrogen-bond acceptors (Lipinski definition) is 6. The first-order valence-corrected chi connectivity index (χ1v) is 11.2. The van der Waals surface area contributed by atoms with Crippen molar-refractivity contribution in [3.05, 3.63) is 64.7 Å². The maximum atomic E-state index is 12.6. The number of nitrogens with zero attached hydrogens (tertiary/aromatic N) is 2. The van der Waals surface area contributed by atoms with Crippen molar-refractivity contribution >= 4 is 26.6 Å². The number of hydroxylamine groups is 1. The number of carbonyl (C=O) groups excluding carboxylic acids is 1. The summed E-state index contributed by atoms with van der Waals surface area (Å²) in [5.41, 5.74) is 4.35. The molecule has 0 saturated heterocycles. The van der Waals surface area contributed by atoms with Gasteiger partial charge in [0.15, 0.2) is 14.6 Å². The molecule has 0 aliphatic carbocycles. The lowest BCUT2D eigenvalue weighted by atomic mass is 10.0. The minimum Gasteiger partial charge on any atom is -0.315 e. The second-order valence-electron chi connectivity index (χ2n) is 7.50. The number of rotatable bonds is 6. The quantitative estimate of drug-likeness (QED) is 0.457. The third-order valence-electron chi connectivity index (χ3n) is 5.39. The minimum absolute atomic E-state index is 0.00538. The molecule has 0 spiro atoms. The molecule has 2 N–H and O–H groups in total. The van der Waals surface area contributed by atoms with Crippen molar-refractivity contribution in [2.24, 2.45) is 0 Å². The van der Waals surface area contributed by atoms with Gasteiger partial charge in [-0.05, 0) is 49.6 Å². The van der Waals surface area contributed by atoms with Crippen LogP contribution in [0.1, 0.15) is 19.0 Å². The van der Waals surface area contributed by atoms with Crippen LogP contribution in [0.4, 0.5) is 0 Å². The smallest absolute Gasteiger partial charge is 0.264 e. The van der Waals surface area contributed by atoms with Gasteiger partial charge in [-0.15, -0.1) is 0 Å². The van der Waals surface area contributed by atoms with Crippen LogP contribution in [0.2, 0.25) is 0 Å². The van der Waals surface area contributed by atoms with Crippen LogP contribution >= 0.6 is 0 Å². The minimum atomic E-state index is -3.83. The fourth-order valence-electron chi connectivity index (χ4n) is 3.19. The second kappa shape index (κ2) is 8.00. The maximum Gasteiger partial charge on any atom is 0.264 e. The van der Waals surface area contributed by atoms with Gasteiger partial charge < -0.3 is 4.57 Å². The molecule has 2 heterocycles. The van der Waals surface area contributed by atoms with Gasteiger partial charge in [0, 0.05) is 36.1 Å². The van der Waals surface area contributed by atoms with E-state index >= 15 is 0 Å². The molecular weight excluding hydrogens is 406 g/mol. The van der Waals surface area contributed by atoms with Crippen molar-refractivity contribution in [3.8, 4) is 11.1 Å². The van der Waals surface area contributed by atoms with E-state index < -0.39 is 20.5 Å². The van der Waals surface area contributed by atoms with Crippen molar-refractivity contribution in [2.45, 2.75) is 31.6 Å². The topological polar surface area (TPSA) is 118 Å². The van der Waals surface area contributed by atoms with Crippen LogP contribution in [0.15, 0.2) is 53.5 Å². The number of pyridine rings is 2. The van der Waals surface area contributed by atoms with Gasteiger partial charge in [-0.1, -0.05) is 18.2 Å². The third kappa shape index (κ3) is 4.12. The van der Waals surface area contributed by atoms with Crippen LogP contribution in [0.5, 0.6) is 0 Å². The Balaban J connectivity index is 1.89. The zero-order chi connectivity index (χ0) is 22.1. The van der Waals surface area contributed by atoms with Crippen LogP contribution in [0.25, 0.3) is 22.0 Å². The predicted molar refractivity (Wildman–Crippen MR) is 114 cm³/mol. The highest BCUT2D eigenvalue weighted by Gasteiger charge is 2.43. The van der Waals surface area contributed by atoms with E-state index in [9.17, 15) is 18.0 Å². The molecule has 30 heavy (non-hydrogen) atoms. The summed E-state index contributed by atoms with van der Waals surface area (Å²) in [4.78, 5) is 29.0. The van der Waals surface area contributed by atoms with Crippen LogP contribution in [-0.4, -0.2) is 40.1 Å². The molecule has 158 valence electrons. The number of fused-ring (bicyclic) bond motifs is 1. The molecule has 2 aromatic heterocycles. The molecule has 9 heteroatoms. The Morgan fingerprint density at radius 3 is 2.47 bits per heavy atom. The SMILES string of the molecule is Cc1ccc2ccc(-c3ccn(CCC(C)(C(=O)NO)S(C)(=O)=O)c(=O)c3)cc2n1. The standard InChI is InChI=1S/C21H23N3O5S/c1-14-4-5-15-6-7-16(12-18(15)22-14)17-8-10-24(19(25)13-17)11-9-21(2,20(26)23-27)30(3,28)29/h4-8,10,12-13,27H,9,11H2,1-3H3,(H,23,26). The van der Waals surface area contributed by atoms with Gasteiger partial charge >= 0.3 is 0 Å². The first-order valence-electron chi connectivity index (χ1n) is 9.27. The molecular formula is C21H23N3O5S. The summed E-state index contributed by atoms with van der Waals surface area (Å²) >= 11 is 0. The largest absolute Gasteiger partial charge is 0.315 e. The van der Waals surface area contributed by atoms with Gasteiger partial charge in [-0.2, -0.15) is 0 Å². The zero-order valence-electron chi connectivity index (χ0n) is 16.9. The van der Waals surface area contributed by atoms with Crippen molar-refractivity contribution in [1.82, 2.24) is 15.0 Å². The normalized spacial score (nSPS) is 13.7. The number of aryl methyl sites for hydroxylation is 2. The van der Waals surface area contributed by atoms with Gasteiger partial charge in [-0.3, -0.25) is 19.8 Å². The molecule has 0 aliphatic heterocycles. The van der Waals surface area contributed by atoms with E-state index in [1.807, 2.05) is 37.3 Å². The van der Waals surface area contributed by atoms with Gasteiger partial charge in [0.1, 0.15) is 0 Å². The molecule has 1 aromatic carbocycles. The van der Waals surface area contributed by atoms with Gasteiger partial charge in [0.2, 0.25) is 0 Å². The molecule has 3 aromatic rings. The molecule has 0 radical (unpaired) electrons. The summed E-state index contributed by atoms with van der Waals surface area (Å²) < 4.78 is 23.6. The fourth-order valence-corrected chi connectivity index (χ4v) is 4.03. The number of sulfone groups is 1. The molecule has 0 bridgehead atoms. The molecule has 0 saturated carbocycles. The number of hydrogen-bond donors (Lipinski definition) is 2. The van der Waals surface area contributed by atoms with E-state index in [4.69, 9.17) is 5.21 Å². The highest BCUT2D eigenvalue weighted by Crippen LogP contribution is 2.24. The lowest BCUT2D eigenvalue weighted by Crippen LogP contribution is -2.49. The maximum absolute atomic E-state index is 12.6. The van der Waals surface area contributed by atoms with Crippen LogP contribution in [0, 0.1) is 6.92 Å². The fraction of sp³-hybridized carbons (Fsp3) is 0.286. The highest BCUT2D eigenvalue weighted by molar-refractivity contribution is 7.92. The number of carbonyl (C=O) groups is 1. The van der Waals surface area contributed by atoms with Crippen molar-refractivity contribution in [3.63, 3.8) is 0 Å². The van der Waals surface area contributed by atoms with Gasteiger partial charge in [-0.25, -0.2) is 13.9 Å². The first-order chi connectivity index (χ1) is 14.0. The van der Waals surface area contributed by atoms with Gasteiger partial charge in [0.25, 0.3) is 11.5 Å². The summed E-state index contributed by atoms with van der Waals surface area (Å²) in [6.45, 7) is 3.13. The molecule has 1 unspecified atom stereocenters. The molecule has 0 fully saturated rings.